The lowest BCUT2D eigenvalue weighted by Gasteiger charge is -2.30. The summed E-state index contributed by atoms with van der Waals surface area (Å²) in [6, 6.07) is 19.7. The van der Waals surface area contributed by atoms with Crippen molar-refractivity contribution < 1.29 is 9.53 Å². The van der Waals surface area contributed by atoms with Crippen LogP contribution in [-0.2, 0) is 16.0 Å². The Balaban J connectivity index is 1.13. The van der Waals surface area contributed by atoms with E-state index in [4.69, 9.17) is 9.72 Å². The second kappa shape index (κ2) is 12.2. The lowest BCUT2D eigenvalue weighted by Crippen LogP contribution is -2.37. The molecule has 0 saturated carbocycles. The third-order valence-electron chi connectivity index (χ3n) is 7.82. The number of H-pyrrole nitrogens is 2. The third kappa shape index (κ3) is 6.17. The quantitative estimate of drug-likeness (QED) is 0.191. The largest absolute Gasteiger partial charge is 0.378 e. The van der Waals surface area contributed by atoms with E-state index in [1.54, 1.807) is 7.05 Å². The van der Waals surface area contributed by atoms with Crippen LogP contribution in [0.2, 0.25) is 0 Å². The topological polar surface area (TPSA) is 111 Å². The summed E-state index contributed by atoms with van der Waals surface area (Å²) in [7, 11) is 3.89. The molecular formula is C32H37N7O2. The van der Waals surface area contributed by atoms with Crippen molar-refractivity contribution in [1.29, 1.82) is 0 Å². The van der Waals surface area contributed by atoms with E-state index >= 15 is 0 Å². The molecule has 5 aromatic rings. The van der Waals surface area contributed by atoms with E-state index < -0.39 is 0 Å². The standard InChI is InChI=1S/C32H37N7O2/c1-33-19-31(40)34-12-4-3-5-30-35-18-28(36-30)25-9-8-21-15-22(6-7-23(21)16-25)24-10-11-26-27(17-24)38-32(37-26)29-20-41-14-13-39(29)2/h6-11,15-18,29,33H,3-5,12-14,19-20H2,1-2H3,(H,34,40)(H,35,36)(H,37,38). The molecule has 0 spiro atoms. The minimum Gasteiger partial charge on any atom is -0.378 e. The number of aryl methyl sites for hydroxylation is 1. The highest BCUT2D eigenvalue weighted by molar-refractivity contribution is 5.91. The highest BCUT2D eigenvalue weighted by Gasteiger charge is 2.24. The minimum atomic E-state index is 0.0302. The molecule has 3 aromatic carbocycles. The summed E-state index contributed by atoms with van der Waals surface area (Å²) in [5.41, 5.74) is 6.48. The maximum atomic E-state index is 11.5. The van der Waals surface area contributed by atoms with Gasteiger partial charge in [-0.05, 0) is 73.1 Å². The van der Waals surface area contributed by atoms with Gasteiger partial charge in [0.1, 0.15) is 11.6 Å². The summed E-state index contributed by atoms with van der Waals surface area (Å²) in [6.07, 6.45) is 4.65. The summed E-state index contributed by atoms with van der Waals surface area (Å²) in [5.74, 6) is 1.96. The fourth-order valence-electron chi connectivity index (χ4n) is 5.44. The summed E-state index contributed by atoms with van der Waals surface area (Å²) in [6.45, 7) is 3.38. The average molecular weight is 552 g/mol. The number of unbranched alkanes of at least 4 members (excludes halogenated alkanes) is 1. The van der Waals surface area contributed by atoms with E-state index in [1.807, 2.05) is 6.20 Å². The van der Waals surface area contributed by atoms with Crippen LogP contribution < -0.4 is 10.6 Å². The number of amides is 1. The average Bonchev–Trinajstić information content (AvgIpc) is 3.64. The van der Waals surface area contributed by atoms with Crippen LogP contribution in [0.1, 0.15) is 30.5 Å². The molecule has 2 aromatic heterocycles. The van der Waals surface area contributed by atoms with Crippen LogP contribution in [0.4, 0.5) is 0 Å². The third-order valence-corrected chi connectivity index (χ3v) is 7.82. The van der Waals surface area contributed by atoms with E-state index in [0.29, 0.717) is 19.7 Å². The molecule has 1 saturated heterocycles. The molecule has 0 bridgehead atoms. The molecule has 3 heterocycles. The number of imidazole rings is 2. The van der Waals surface area contributed by atoms with E-state index in [1.165, 1.54) is 16.3 Å². The van der Waals surface area contributed by atoms with Crippen molar-refractivity contribution in [3.63, 3.8) is 0 Å². The number of nitrogens with one attached hydrogen (secondary N) is 4. The van der Waals surface area contributed by atoms with Crippen molar-refractivity contribution in [3.05, 3.63) is 72.4 Å². The first kappa shape index (κ1) is 27.1. The molecule has 6 rings (SSSR count). The fourth-order valence-corrected chi connectivity index (χ4v) is 5.44. The first-order chi connectivity index (χ1) is 20.1. The molecule has 4 N–H and O–H groups in total. The molecule has 9 heteroatoms. The van der Waals surface area contributed by atoms with Gasteiger partial charge in [0.2, 0.25) is 5.91 Å². The van der Waals surface area contributed by atoms with Crippen LogP contribution in [-0.4, -0.2) is 77.7 Å². The summed E-state index contributed by atoms with van der Waals surface area (Å²) < 4.78 is 5.69. The highest BCUT2D eigenvalue weighted by Crippen LogP contribution is 2.30. The Hall–Kier alpha value is -4.05. The zero-order chi connectivity index (χ0) is 28.2. The molecule has 1 amide bonds. The number of carbonyl (C=O) groups excluding carboxylic acids is 1. The zero-order valence-corrected chi connectivity index (χ0v) is 23.7. The number of aromatic amines is 2. The van der Waals surface area contributed by atoms with Gasteiger partial charge in [-0.1, -0.05) is 30.3 Å². The lowest BCUT2D eigenvalue weighted by molar-refractivity contribution is -0.120. The first-order valence-corrected chi connectivity index (χ1v) is 14.3. The Labute approximate surface area is 239 Å². The van der Waals surface area contributed by atoms with E-state index in [0.717, 1.165) is 71.9 Å². The van der Waals surface area contributed by atoms with Crippen LogP contribution in [0.5, 0.6) is 0 Å². The van der Waals surface area contributed by atoms with Gasteiger partial charge in [-0.25, -0.2) is 9.97 Å². The van der Waals surface area contributed by atoms with Gasteiger partial charge >= 0.3 is 0 Å². The van der Waals surface area contributed by atoms with Gasteiger partial charge in [-0.15, -0.1) is 0 Å². The molecule has 1 fully saturated rings. The molecule has 1 aliphatic heterocycles. The van der Waals surface area contributed by atoms with Gasteiger partial charge in [0.05, 0.1) is 48.7 Å². The number of hydrogen-bond donors (Lipinski definition) is 4. The van der Waals surface area contributed by atoms with Gasteiger partial charge < -0.3 is 25.3 Å². The first-order valence-electron chi connectivity index (χ1n) is 14.3. The summed E-state index contributed by atoms with van der Waals surface area (Å²) >= 11 is 0. The summed E-state index contributed by atoms with van der Waals surface area (Å²) in [4.78, 5) is 30.2. The predicted molar refractivity (Wildman–Crippen MR) is 163 cm³/mol. The number of likely N-dealkylation sites (N-methyl/N-ethyl adjacent to an activating group) is 2. The number of nitrogens with zero attached hydrogens (tertiary/aromatic N) is 3. The molecular weight excluding hydrogens is 514 g/mol. The molecule has 212 valence electrons. The minimum absolute atomic E-state index is 0.0302. The Morgan fingerprint density at radius 2 is 1.80 bits per heavy atom. The molecule has 9 nitrogen and oxygen atoms in total. The smallest absolute Gasteiger partial charge is 0.233 e. The predicted octanol–water partition coefficient (Wildman–Crippen LogP) is 4.43. The fraction of sp³-hybridized carbons (Fsp3) is 0.344. The number of aromatic nitrogens is 4. The zero-order valence-electron chi connectivity index (χ0n) is 23.7. The van der Waals surface area contributed by atoms with Crippen molar-refractivity contribution in [2.75, 3.05) is 46.9 Å². The molecule has 1 unspecified atom stereocenters. The van der Waals surface area contributed by atoms with Crippen LogP contribution in [0.25, 0.3) is 44.2 Å². The SMILES string of the molecule is CNCC(=O)NCCCCc1ncc(-c2ccc3cc(-c4ccc5nc(C6COCCN6C)[nH]c5c4)ccc3c2)[nH]1. The van der Waals surface area contributed by atoms with Crippen molar-refractivity contribution in [1.82, 2.24) is 35.5 Å². The molecule has 41 heavy (non-hydrogen) atoms. The van der Waals surface area contributed by atoms with Gasteiger partial charge in [0, 0.05) is 25.1 Å². The molecule has 0 aliphatic carbocycles. The van der Waals surface area contributed by atoms with E-state index in [-0.39, 0.29) is 11.9 Å². The Kier molecular flexibility index (Phi) is 8.09. The number of ether oxygens (including phenoxy) is 1. The number of rotatable bonds is 10. The Bertz CT molecular complexity index is 1660. The molecule has 0 radical (unpaired) electrons. The second-order valence-corrected chi connectivity index (χ2v) is 10.8. The van der Waals surface area contributed by atoms with Crippen LogP contribution in [0, 0.1) is 0 Å². The lowest BCUT2D eigenvalue weighted by atomic mass is 9.99. The highest BCUT2D eigenvalue weighted by atomic mass is 16.5. The van der Waals surface area contributed by atoms with Gasteiger partial charge in [0.25, 0.3) is 0 Å². The Morgan fingerprint density at radius 3 is 2.63 bits per heavy atom. The monoisotopic (exact) mass is 551 g/mol. The van der Waals surface area contributed by atoms with Crippen LogP contribution in [0.3, 0.4) is 0 Å². The second-order valence-electron chi connectivity index (χ2n) is 10.8. The van der Waals surface area contributed by atoms with Crippen LogP contribution >= 0.6 is 0 Å². The van der Waals surface area contributed by atoms with Crippen molar-refractivity contribution in [2.24, 2.45) is 0 Å². The maximum Gasteiger partial charge on any atom is 0.233 e. The number of carbonyl (C=O) groups is 1. The number of morpholine rings is 1. The van der Waals surface area contributed by atoms with Crippen molar-refractivity contribution in [3.8, 4) is 22.4 Å². The van der Waals surface area contributed by atoms with Crippen molar-refractivity contribution >= 4 is 27.7 Å². The van der Waals surface area contributed by atoms with Gasteiger partial charge in [0.15, 0.2) is 0 Å². The van der Waals surface area contributed by atoms with Gasteiger partial charge in [-0.3, -0.25) is 9.69 Å². The number of benzene rings is 3. The number of hydrogen-bond acceptors (Lipinski definition) is 6. The number of fused-ring (bicyclic) bond motifs is 2. The van der Waals surface area contributed by atoms with Gasteiger partial charge in [-0.2, -0.15) is 0 Å². The normalized spacial score (nSPS) is 16.0. The van der Waals surface area contributed by atoms with E-state index in [9.17, 15) is 4.79 Å². The molecule has 1 atom stereocenters. The van der Waals surface area contributed by atoms with Crippen molar-refractivity contribution in [2.45, 2.75) is 25.3 Å². The maximum absolute atomic E-state index is 11.5. The van der Waals surface area contributed by atoms with Crippen LogP contribution in [0.15, 0.2) is 60.8 Å². The molecule has 1 aliphatic rings. The Morgan fingerprint density at radius 1 is 1.02 bits per heavy atom. The summed E-state index contributed by atoms with van der Waals surface area (Å²) in [5, 5.41) is 8.15. The van der Waals surface area contributed by atoms with E-state index in [2.05, 4.69) is 92.1 Å².